The van der Waals surface area contributed by atoms with Crippen molar-refractivity contribution >= 4 is 6.03 Å². The summed E-state index contributed by atoms with van der Waals surface area (Å²) in [5, 5.41) is 4.44. The van der Waals surface area contributed by atoms with Crippen LogP contribution in [0.1, 0.15) is 67.3 Å². The van der Waals surface area contributed by atoms with Gasteiger partial charge in [0.15, 0.2) is 5.82 Å². The number of hydrogen-bond donors (Lipinski definition) is 0. The number of amides is 2. The van der Waals surface area contributed by atoms with Crippen LogP contribution in [0.5, 0.6) is 0 Å². The second-order valence-corrected chi connectivity index (χ2v) is 9.15. The van der Waals surface area contributed by atoms with Gasteiger partial charge in [-0.3, -0.25) is 4.90 Å². The molecule has 0 unspecified atom stereocenters. The number of fused-ring (bicyclic) bond motifs is 1. The number of benzene rings is 1. The summed E-state index contributed by atoms with van der Waals surface area (Å²) < 4.78 is 5.76. The van der Waals surface area contributed by atoms with Gasteiger partial charge in [-0.05, 0) is 44.2 Å². The first-order valence-corrected chi connectivity index (χ1v) is 11.2. The van der Waals surface area contributed by atoms with Crippen LogP contribution in [-0.4, -0.2) is 70.6 Å². The van der Waals surface area contributed by atoms with E-state index in [1.807, 2.05) is 4.90 Å². The number of aromatic nitrogens is 2. The van der Waals surface area contributed by atoms with Gasteiger partial charge >= 0.3 is 6.03 Å². The maximum Gasteiger partial charge on any atom is 0.319 e. The van der Waals surface area contributed by atoms with Gasteiger partial charge in [-0.25, -0.2) is 4.79 Å². The summed E-state index contributed by atoms with van der Waals surface area (Å²) in [6, 6.07) is 11.9. The van der Waals surface area contributed by atoms with E-state index in [1.165, 1.54) is 18.4 Å². The minimum Gasteiger partial charge on any atom is -0.339 e. The van der Waals surface area contributed by atoms with E-state index < -0.39 is 0 Å². The molecule has 30 heavy (non-hydrogen) atoms. The van der Waals surface area contributed by atoms with Crippen molar-refractivity contribution in [2.75, 3.05) is 33.7 Å². The Balaban J connectivity index is 1.28. The van der Waals surface area contributed by atoms with Crippen LogP contribution in [0.2, 0.25) is 0 Å². The molecule has 3 atom stereocenters. The molecule has 0 spiro atoms. The Bertz CT molecular complexity index is 875. The summed E-state index contributed by atoms with van der Waals surface area (Å²) >= 11 is 0. The fraction of sp³-hybridized carbons (Fsp3) is 0.609. The number of hydrogen-bond acceptors (Lipinski definition) is 5. The van der Waals surface area contributed by atoms with Gasteiger partial charge in [0.1, 0.15) is 0 Å². The van der Waals surface area contributed by atoms with Crippen LogP contribution in [0.3, 0.4) is 0 Å². The zero-order valence-corrected chi connectivity index (χ0v) is 17.9. The standard InChI is InChI=1S/C23H31N5O2/c1-26(2)23(29)27-13-10-17(11-14-27)22-24-21(25-30-22)18-15-20(16-7-4-3-5-8-16)28-12-6-9-19(18)28/h3-5,7-8,17-20H,6,9-15H2,1-2H3/t18-,19+,20-/m1/s1. The predicted molar refractivity (Wildman–Crippen MR) is 113 cm³/mol. The van der Waals surface area contributed by atoms with Gasteiger partial charge in [0, 0.05) is 51.1 Å². The van der Waals surface area contributed by atoms with Crippen molar-refractivity contribution in [2.24, 2.45) is 0 Å². The van der Waals surface area contributed by atoms with E-state index in [1.54, 1.807) is 19.0 Å². The largest absolute Gasteiger partial charge is 0.339 e. The molecule has 0 radical (unpaired) electrons. The zero-order valence-electron chi connectivity index (χ0n) is 17.9. The van der Waals surface area contributed by atoms with Gasteiger partial charge in [0.25, 0.3) is 0 Å². The lowest BCUT2D eigenvalue weighted by atomic mass is 9.93. The highest BCUT2D eigenvalue weighted by Crippen LogP contribution is 2.48. The van der Waals surface area contributed by atoms with E-state index in [0.717, 1.165) is 50.6 Å². The van der Waals surface area contributed by atoms with Crippen molar-refractivity contribution in [3.8, 4) is 0 Å². The van der Waals surface area contributed by atoms with E-state index in [2.05, 4.69) is 40.4 Å². The first-order valence-electron chi connectivity index (χ1n) is 11.2. The van der Waals surface area contributed by atoms with Crippen molar-refractivity contribution in [3.05, 3.63) is 47.6 Å². The van der Waals surface area contributed by atoms with Gasteiger partial charge < -0.3 is 14.3 Å². The Morgan fingerprint density at radius 1 is 1.10 bits per heavy atom. The van der Waals surface area contributed by atoms with Gasteiger partial charge in [-0.2, -0.15) is 4.98 Å². The molecule has 1 aromatic carbocycles. The first kappa shape index (κ1) is 19.5. The number of nitrogens with zero attached hydrogens (tertiary/aromatic N) is 5. The van der Waals surface area contributed by atoms with Crippen molar-refractivity contribution in [1.82, 2.24) is 24.8 Å². The molecule has 0 N–H and O–H groups in total. The second-order valence-electron chi connectivity index (χ2n) is 9.15. The third-order valence-electron chi connectivity index (χ3n) is 7.15. The van der Waals surface area contributed by atoms with Crippen LogP contribution in [0.4, 0.5) is 4.79 Å². The van der Waals surface area contributed by atoms with Crippen molar-refractivity contribution in [3.63, 3.8) is 0 Å². The smallest absolute Gasteiger partial charge is 0.319 e. The average molecular weight is 410 g/mol. The van der Waals surface area contributed by atoms with E-state index in [4.69, 9.17) is 9.51 Å². The highest BCUT2D eigenvalue weighted by molar-refractivity contribution is 5.73. The lowest BCUT2D eigenvalue weighted by Gasteiger charge is -2.32. The molecule has 4 heterocycles. The SMILES string of the molecule is CN(C)C(=O)N1CCC(c2nc([C@@H]3C[C@H](c4ccccc4)N4CCC[C@@H]34)no2)CC1. The number of piperidine rings is 1. The molecule has 3 aliphatic rings. The van der Waals surface area contributed by atoms with Crippen LogP contribution in [0.15, 0.2) is 34.9 Å². The van der Waals surface area contributed by atoms with Crippen molar-refractivity contribution in [1.29, 1.82) is 0 Å². The van der Waals surface area contributed by atoms with Gasteiger partial charge in [0.2, 0.25) is 5.89 Å². The summed E-state index contributed by atoms with van der Waals surface area (Å²) in [6.45, 7) is 2.65. The Labute approximate surface area is 178 Å². The molecule has 5 rings (SSSR count). The fourth-order valence-electron chi connectivity index (χ4n) is 5.61. The first-order chi connectivity index (χ1) is 14.6. The second kappa shape index (κ2) is 8.02. The van der Waals surface area contributed by atoms with Crippen LogP contribution >= 0.6 is 0 Å². The molecule has 2 aromatic rings. The monoisotopic (exact) mass is 409 g/mol. The summed E-state index contributed by atoms with van der Waals surface area (Å²) in [5.74, 6) is 2.23. The molecule has 7 nitrogen and oxygen atoms in total. The van der Waals surface area contributed by atoms with E-state index in [0.29, 0.717) is 18.0 Å². The molecule has 3 aliphatic heterocycles. The highest BCUT2D eigenvalue weighted by atomic mass is 16.5. The molecule has 1 aromatic heterocycles. The zero-order chi connectivity index (χ0) is 20.7. The van der Waals surface area contributed by atoms with Gasteiger partial charge in [-0.1, -0.05) is 35.5 Å². The lowest BCUT2D eigenvalue weighted by Crippen LogP contribution is -2.43. The lowest BCUT2D eigenvalue weighted by molar-refractivity contribution is 0.152. The minimum atomic E-state index is 0.0823. The number of urea groups is 1. The summed E-state index contributed by atoms with van der Waals surface area (Å²) in [7, 11) is 3.60. The fourth-order valence-corrected chi connectivity index (χ4v) is 5.61. The third kappa shape index (κ3) is 3.49. The molecule has 3 saturated heterocycles. The van der Waals surface area contributed by atoms with E-state index in [9.17, 15) is 4.79 Å². The predicted octanol–water partition coefficient (Wildman–Crippen LogP) is 3.62. The minimum absolute atomic E-state index is 0.0823. The topological polar surface area (TPSA) is 65.7 Å². The van der Waals surface area contributed by atoms with Crippen LogP contribution in [0, 0.1) is 0 Å². The average Bonchev–Trinajstić information content (AvgIpc) is 3.50. The van der Waals surface area contributed by atoms with Crippen LogP contribution in [-0.2, 0) is 0 Å². The molecular formula is C23H31N5O2. The Hall–Kier alpha value is -2.41. The van der Waals surface area contributed by atoms with Crippen LogP contribution in [0.25, 0.3) is 0 Å². The number of carbonyl (C=O) groups excluding carboxylic acids is 1. The maximum absolute atomic E-state index is 12.2. The Morgan fingerprint density at radius 2 is 1.87 bits per heavy atom. The Kier molecular flexibility index (Phi) is 5.23. The van der Waals surface area contributed by atoms with Crippen molar-refractivity contribution in [2.45, 2.75) is 56.0 Å². The molecule has 160 valence electrons. The number of carbonyl (C=O) groups is 1. The molecule has 0 bridgehead atoms. The quantitative estimate of drug-likeness (QED) is 0.775. The number of rotatable bonds is 3. The van der Waals surface area contributed by atoms with E-state index in [-0.39, 0.29) is 11.9 Å². The maximum atomic E-state index is 12.2. The highest BCUT2D eigenvalue weighted by Gasteiger charge is 2.46. The normalized spacial score (nSPS) is 27.4. The number of likely N-dealkylation sites (tertiary alicyclic amines) is 1. The summed E-state index contributed by atoms with van der Waals surface area (Å²) in [6.07, 6.45) is 5.28. The van der Waals surface area contributed by atoms with Crippen LogP contribution < -0.4 is 0 Å². The summed E-state index contributed by atoms with van der Waals surface area (Å²) in [4.78, 5) is 23.3. The third-order valence-corrected chi connectivity index (χ3v) is 7.15. The molecule has 3 fully saturated rings. The summed E-state index contributed by atoms with van der Waals surface area (Å²) in [5.41, 5.74) is 1.40. The molecule has 0 saturated carbocycles. The van der Waals surface area contributed by atoms with Crippen molar-refractivity contribution < 1.29 is 9.32 Å². The Morgan fingerprint density at radius 3 is 2.60 bits per heavy atom. The molecule has 2 amide bonds. The molecule has 7 heteroatoms. The van der Waals surface area contributed by atoms with E-state index >= 15 is 0 Å². The van der Waals surface area contributed by atoms with Gasteiger partial charge in [0.05, 0.1) is 0 Å². The molecule has 0 aliphatic carbocycles. The van der Waals surface area contributed by atoms with Gasteiger partial charge in [-0.15, -0.1) is 0 Å². The molecular weight excluding hydrogens is 378 g/mol.